The van der Waals surface area contributed by atoms with Gasteiger partial charge in [-0.2, -0.15) is 0 Å². The van der Waals surface area contributed by atoms with E-state index in [9.17, 15) is 9.90 Å². The van der Waals surface area contributed by atoms with Gasteiger partial charge in [-0.3, -0.25) is 0 Å². The molecule has 5 nitrogen and oxygen atoms in total. The summed E-state index contributed by atoms with van der Waals surface area (Å²) in [4.78, 5) is 11.2. The van der Waals surface area contributed by atoms with Crippen LogP contribution in [0.3, 0.4) is 0 Å². The van der Waals surface area contributed by atoms with Gasteiger partial charge in [-0.15, -0.1) is 0 Å². The smallest absolute Gasteiger partial charge is 0.341 e. The van der Waals surface area contributed by atoms with Gasteiger partial charge in [0.15, 0.2) is 17.2 Å². The molecule has 0 bridgehead atoms. The molecular weight excluding hydrogens is 222 g/mol. The third kappa shape index (κ3) is 1.95. The van der Waals surface area contributed by atoms with E-state index in [2.05, 4.69) is 5.16 Å². The van der Waals surface area contributed by atoms with Crippen LogP contribution < -0.4 is 0 Å². The summed E-state index contributed by atoms with van der Waals surface area (Å²) in [5.74, 6) is 0.375. The predicted octanol–water partition coefficient (Wildman–Crippen LogP) is 3.06. The summed E-state index contributed by atoms with van der Waals surface area (Å²) in [6.07, 6.45) is 0. The van der Waals surface area contributed by atoms with Crippen LogP contribution in [0.2, 0.25) is 0 Å². The van der Waals surface area contributed by atoms with Crippen molar-refractivity contribution in [2.24, 2.45) is 0 Å². The molecule has 90 valence electrons. The van der Waals surface area contributed by atoms with E-state index < -0.39 is 5.97 Å². The summed E-state index contributed by atoms with van der Waals surface area (Å²) in [5, 5.41) is 13.0. The van der Waals surface area contributed by atoms with E-state index in [0.29, 0.717) is 17.3 Å². The van der Waals surface area contributed by atoms with Crippen LogP contribution >= 0.6 is 0 Å². The summed E-state index contributed by atoms with van der Waals surface area (Å²) in [7, 11) is 0. The van der Waals surface area contributed by atoms with Gasteiger partial charge in [0.05, 0.1) is 0 Å². The van der Waals surface area contributed by atoms with Crippen molar-refractivity contribution in [2.45, 2.75) is 26.7 Å². The van der Waals surface area contributed by atoms with Gasteiger partial charge >= 0.3 is 5.97 Å². The lowest BCUT2D eigenvalue weighted by Crippen LogP contribution is -2.02. The molecule has 2 heterocycles. The first-order chi connectivity index (χ1) is 8.00. The Bertz CT molecular complexity index is 551. The highest BCUT2D eigenvalue weighted by molar-refractivity contribution is 5.95. The molecule has 2 aromatic rings. The van der Waals surface area contributed by atoms with Crippen molar-refractivity contribution in [3.8, 4) is 11.5 Å². The van der Waals surface area contributed by atoms with Crippen molar-refractivity contribution in [3.05, 3.63) is 29.2 Å². The summed E-state index contributed by atoms with van der Waals surface area (Å²) in [6.45, 7) is 5.49. The number of nitrogens with zero attached hydrogens (tertiary/aromatic N) is 1. The number of aryl methyl sites for hydroxylation is 1. The van der Waals surface area contributed by atoms with Crippen molar-refractivity contribution in [2.75, 3.05) is 0 Å². The van der Waals surface area contributed by atoms with Crippen LogP contribution in [0.5, 0.6) is 0 Å². The first-order valence-corrected chi connectivity index (χ1v) is 5.30. The SMILES string of the molecule is Cc1ccc(-c2noc(C(C)C)c2C(=O)O)o1. The Morgan fingerprint density at radius 1 is 1.41 bits per heavy atom. The predicted molar refractivity (Wildman–Crippen MR) is 60.0 cm³/mol. The van der Waals surface area contributed by atoms with Gasteiger partial charge < -0.3 is 14.0 Å². The Hall–Kier alpha value is -2.04. The zero-order valence-electron chi connectivity index (χ0n) is 9.85. The van der Waals surface area contributed by atoms with Crippen molar-refractivity contribution < 1.29 is 18.8 Å². The molecule has 17 heavy (non-hydrogen) atoms. The molecule has 0 saturated carbocycles. The van der Waals surface area contributed by atoms with E-state index in [4.69, 9.17) is 8.94 Å². The molecule has 1 N–H and O–H groups in total. The second-order valence-electron chi connectivity index (χ2n) is 4.14. The molecule has 0 fully saturated rings. The fraction of sp³-hybridized carbons (Fsp3) is 0.333. The molecule has 0 saturated heterocycles. The number of aromatic nitrogens is 1. The maximum atomic E-state index is 11.2. The van der Waals surface area contributed by atoms with Crippen LogP contribution in [0.1, 0.15) is 41.6 Å². The van der Waals surface area contributed by atoms with E-state index in [0.717, 1.165) is 0 Å². The highest BCUT2D eigenvalue weighted by Gasteiger charge is 2.26. The number of hydrogen-bond acceptors (Lipinski definition) is 4. The first kappa shape index (κ1) is 11.4. The van der Waals surface area contributed by atoms with Gasteiger partial charge in [-0.25, -0.2) is 4.79 Å². The van der Waals surface area contributed by atoms with Crippen molar-refractivity contribution in [1.82, 2.24) is 5.16 Å². The Morgan fingerprint density at radius 3 is 2.59 bits per heavy atom. The average Bonchev–Trinajstić information content (AvgIpc) is 2.82. The van der Waals surface area contributed by atoms with E-state index >= 15 is 0 Å². The highest BCUT2D eigenvalue weighted by atomic mass is 16.5. The lowest BCUT2D eigenvalue weighted by atomic mass is 10.0. The summed E-state index contributed by atoms with van der Waals surface area (Å²) in [6, 6.07) is 3.44. The minimum atomic E-state index is -1.06. The number of furan rings is 1. The fourth-order valence-corrected chi connectivity index (χ4v) is 1.63. The van der Waals surface area contributed by atoms with Gasteiger partial charge in [-0.05, 0) is 19.1 Å². The maximum absolute atomic E-state index is 11.2. The topological polar surface area (TPSA) is 76.5 Å². The molecule has 0 aromatic carbocycles. The van der Waals surface area contributed by atoms with Crippen molar-refractivity contribution in [1.29, 1.82) is 0 Å². The molecule has 0 amide bonds. The molecule has 0 radical (unpaired) electrons. The van der Waals surface area contributed by atoms with Crippen molar-refractivity contribution >= 4 is 5.97 Å². The van der Waals surface area contributed by atoms with Gasteiger partial charge in [0.2, 0.25) is 0 Å². The Morgan fingerprint density at radius 2 is 2.12 bits per heavy atom. The number of carboxylic acid groups (broad SMARTS) is 1. The Balaban J connectivity index is 2.59. The largest absolute Gasteiger partial charge is 0.477 e. The minimum Gasteiger partial charge on any atom is -0.477 e. The number of hydrogen-bond donors (Lipinski definition) is 1. The summed E-state index contributed by atoms with van der Waals surface area (Å²) >= 11 is 0. The van der Waals surface area contributed by atoms with Crippen LogP contribution in [-0.2, 0) is 0 Å². The maximum Gasteiger partial charge on any atom is 0.341 e. The van der Waals surface area contributed by atoms with E-state index in [1.807, 2.05) is 13.8 Å². The third-order valence-electron chi connectivity index (χ3n) is 2.43. The molecule has 0 spiro atoms. The molecule has 2 aromatic heterocycles. The number of rotatable bonds is 3. The highest BCUT2D eigenvalue weighted by Crippen LogP contribution is 2.30. The standard InChI is InChI=1S/C12H13NO4/c1-6(2)11-9(12(14)15)10(13-17-11)8-5-4-7(3)16-8/h4-6H,1-3H3,(H,14,15). The van der Waals surface area contributed by atoms with Gasteiger partial charge in [0, 0.05) is 5.92 Å². The second kappa shape index (κ2) is 4.08. The fourth-order valence-electron chi connectivity index (χ4n) is 1.63. The van der Waals surface area contributed by atoms with Gasteiger partial charge in [0.1, 0.15) is 11.3 Å². The number of carbonyl (C=O) groups is 1. The second-order valence-corrected chi connectivity index (χ2v) is 4.14. The third-order valence-corrected chi connectivity index (χ3v) is 2.43. The molecule has 0 aliphatic heterocycles. The van der Waals surface area contributed by atoms with Crippen LogP contribution in [0.15, 0.2) is 21.1 Å². The average molecular weight is 235 g/mol. The lowest BCUT2D eigenvalue weighted by Gasteiger charge is -2.00. The van der Waals surface area contributed by atoms with Gasteiger partial charge in [0.25, 0.3) is 0 Å². The van der Waals surface area contributed by atoms with E-state index in [1.165, 1.54) is 0 Å². The first-order valence-electron chi connectivity index (χ1n) is 5.30. The molecule has 0 unspecified atom stereocenters. The molecular formula is C12H13NO4. The van der Waals surface area contributed by atoms with Gasteiger partial charge in [-0.1, -0.05) is 19.0 Å². The Kier molecular flexibility index (Phi) is 2.75. The van der Waals surface area contributed by atoms with Crippen LogP contribution in [0.4, 0.5) is 0 Å². The quantitative estimate of drug-likeness (QED) is 0.884. The molecule has 2 rings (SSSR count). The normalized spacial score (nSPS) is 11.1. The monoisotopic (exact) mass is 235 g/mol. The van der Waals surface area contributed by atoms with Crippen molar-refractivity contribution in [3.63, 3.8) is 0 Å². The number of carboxylic acids is 1. The molecule has 0 aliphatic rings. The summed E-state index contributed by atoms with van der Waals surface area (Å²) in [5.41, 5.74) is 0.323. The van der Waals surface area contributed by atoms with Crippen LogP contribution in [0.25, 0.3) is 11.5 Å². The zero-order chi connectivity index (χ0) is 12.6. The lowest BCUT2D eigenvalue weighted by molar-refractivity contribution is 0.0694. The molecule has 0 atom stereocenters. The minimum absolute atomic E-state index is 0.0431. The van der Waals surface area contributed by atoms with Crippen LogP contribution in [-0.4, -0.2) is 16.2 Å². The molecule has 0 aliphatic carbocycles. The number of aromatic carboxylic acids is 1. The Labute approximate surface area is 98.0 Å². The zero-order valence-corrected chi connectivity index (χ0v) is 9.85. The van der Waals surface area contributed by atoms with Crippen LogP contribution in [0, 0.1) is 6.92 Å². The van der Waals surface area contributed by atoms with E-state index in [-0.39, 0.29) is 17.2 Å². The van der Waals surface area contributed by atoms with E-state index in [1.54, 1.807) is 19.1 Å². The summed E-state index contributed by atoms with van der Waals surface area (Å²) < 4.78 is 10.5. The molecule has 5 heteroatoms.